The summed E-state index contributed by atoms with van der Waals surface area (Å²) in [6.07, 6.45) is -5.42. The standard InChI is InChI=1S/C11H14F3NO2/c1-15(2)7-10(16)8-3-5-9(6-4-8)17-11(12,13)14/h3-6,10,16H,7H2,1-2H3. The van der Waals surface area contributed by atoms with Crippen LogP contribution in [0.25, 0.3) is 0 Å². The van der Waals surface area contributed by atoms with Crippen LogP contribution in [0.1, 0.15) is 11.7 Å². The monoisotopic (exact) mass is 249 g/mol. The van der Waals surface area contributed by atoms with Gasteiger partial charge in [-0.05, 0) is 31.8 Å². The van der Waals surface area contributed by atoms with Crippen LogP contribution in [0.2, 0.25) is 0 Å². The van der Waals surface area contributed by atoms with Gasteiger partial charge >= 0.3 is 6.36 Å². The van der Waals surface area contributed by atoms with Crippen molar-refractivity contribution in [3.63, 3.8) is 0 Å². The van der Waals surface area contributed by atoms with E-state index in [1.807, 2.05) is 0 Å². The van der Waals surface area contributed by atoms with Gasteiger partial charge in [-0.1, -0.05) is 12.1 Å². The molecule has 0 heterocycles. The maximum absolute atomic E-state index is 11.9. The Bertz CT molecular complexity index is 349. The predicted molar refractivity (Wildman–Crippen MR) is 56.6 cm³/mol. The van der Waals surface area contributed by atoms with Crippen molar-refractivity contribution in [2.75, 3.05) is 20.6 Å². The SMILES string of the molecule is CN(C)CC(O)c1ccc(OC(F)(F)F)cc1. The van der Waals surface area contributed by atoms with Crippen LogP contribution in [0, 0.1) is 0 Å². The molecule has 0 fully saturated rings. The molecule has 0 aromatic heterocycles. The third-order valence-electron chi connectivity index (χ3n) is 2.04. The summed E-state index contributed by atoms with van der Waals surface area (Å²) in [7, 11) is 3.59. The van der Waals surface area contributed by atoms with E-state index in [2.05, 4.69) is 4.74 Å². The molecule has 1 unspecified atom stereocenters. The summed E-state index contributed by atoms with van der Waals surface area (Å²) in [6.45, 7) is 0.402. The van der Waals surface area contributed by atoms with Crippen LogP contribution < -0.4 is 4.74 Å². The molecule has 1 aromatic rings. The Hall–Kier alpha value is -1.27. The highest BCUT2D eigenvalue weighted by atomic mass is 19.4. The lowest BCUT2D eigenvalue weighted by molar-refractivity contribution is -0.274. The lowest BCUT2D eigenvalue weighted by Gasteiger charge is -2.16. The molecule has 1 aromatic carbocycles. The van der Waals surface area contributed by atoms with Crippen LogP contribution >= 0.6 is 0 Å². The van der Waals surface area contributed by atoms with Crippen molar-refractivity contribution in [3.8, 4) is 5.75 Å². The first kappa shape index (κ1) is 13.8. The van der Waals surface area contributed by atoms with Crippen molar-refractivity contribution in [1.82, 2.24) is 4.90 Å². The number of aliphatic hydroxyl groups is 1. The molecule has 0 spiro atoms. The number of ether oxygens (including phenoxy) is 1. The zero-order valence-corrected chi connectivity index (χ0v) is 9.53. The highest BCUT2D eigenvalue weighted by molar-refractivity contribution is 5.28. The quantitative estimate of drug-likeness (QED) is 0.887. The molecule has 96 valence electrons. The van der Waals surface area contributed by atoms with E-state index in [-0.39, 0.29) is 5.75 Å². The number of halogens is 3. The fraction of sp³-hybridized carbons (Fsp3) is 0.455. The highest BCUT2D eigenvalue weighted by Crippen LogP contribution is 2.24. The summed E-state index contributed by atoms with van der Waals surface area (Å²) in [5, 5.41) is 9.71. The minimum absolute atomic E-state index is 0.293. The molecular weight excluding hydrogens is 235 g/mol. The van der Waals surface area contributed by atoms with Gasteiger partial charge in [0.2, 0.25) is 0 Å². The van der Waals surface area contributed by atoms with Crippen LogP contribution in [0.5, 0.6) is 5.75 Å². The van der Waals surface area contributed by atoms with Crippen molar-refractivity contribution in [2.24, 2.45) is 0 Å². The smallest absolute Gasteiger partial charge is 0.406 e. The van der Waals surface area contributed by atoms with Crippen LogP contribution in [-0.4, -0.2) is 37.0 Å². The number of alkyl halides is 3. The summed E-state index contributed by atoms with van der Waals surface area (Å²) in [4.78, 5) is 1.78. The number of rotatable bonds is 4. The minimum atomic E-state index is -4.69. The summed E-state index contributed by atoms with van der Waals surface area (Å²) in [6, 6.07) is 5.19. The molecule has 17 heavy (non-hydrogen) atoms. The summed E-state index contributed by atoms with van der Waals surface area (Å²) in [5.74, 6) is -0.293. The number of hydrogen-bond donors (Lipinski definition) is 1. The summed E-state index contributed by atoms with van der Waals surface area (Å²) < 4.78 is 39.4. The Balaban J connectivity index is 2.67. The number of benzene rings is 1. The molecule has 0 amide bonds. The van der Waals surface area contributed by atoms with E-state index in [4.69, 9.17) is 0 Å². The normalized spacial score (nSPS) is 13.8. The second kappa shape index (κ2) is 5.37. The molecule has 0 bridgehead atoms. The van der Waals surface area contributed by atoms with Crippen molar-refractivity contribution < 1.29 is 23.0 Å². The first-order chi connectivity index (χ1) is 7.78. The van der Waals surface area contributed by atoms with Gasteiger partial charge in [0.25, 0.3) is 0 Å². The fourth-order valence-electron chi connectivity index (χ4n) is 1.34. The Labute approximate surface area is 97.4 Å². The first-order valence-corrected chi connectivity index (χ1v) is 4.96. The lowest BCUT2D eigenvalue weighted by atomic mass is 10.1. The molecule has 0 aliphatic carbocycles. The van der Waals surface area contributed by atoms with E-state index < -0.39 is 12.5 Å². The molecule has 1 rings (SSSR count). The third-order valence-corrected chi connectivity index (χ3v) is 2.04. The van der Waals surface area contributed by atoms with Crippen LogP contribution in [0.4, 0.5) is 13.2 Å². The number of likely N-dealkylation sites (N-methyl/N-ethyl adjacent to an activating group) is 1. The average Bonchev–Trinajstić information content (AvgIpc) is 2.15. The molecule has 1 N–H and O–H groups in total. The van der Waals surface area contributed by atoms with E-state index in [9.17, 15) is 18.3 Å². The molecule has 0 aliphatic rings. The predicted octanol–water partition coefficient (Wildman–Crippen LogP) is 2.18. The van der Waals surface area contributed by atoms with Gasteiger partial charge in [-0.25, -0.2) is 0 Å². The first-order valence-electron chi connectivity index (χ1n) is 4.96. The van der Waals surface area contributed by atoms with Crippen molar-refractivity contribution in [1.29, 1.82) is 0 Å². The second-order valence-electron chi connectivity index (χ2n) is 3.89. The Morgan fingerprint density at radius 1 is 1.24 bits per heavy atom. The molecule has 0 saturated carbocycles. The Morgan fingerprint density at radius 2 is 1.76 bits per heavy atom. The third kappa shape index (κ3) is 5.06. The molecule has 3 nitrogen and oxygen atoms in total. The van der Waals surface area contributed by atoms with E-state index in [1.54, 1.807) is 19.0 Å². The van der Waals surface area contributed by atoms with Gasteiger partial charge in [-0.15, -0.1) is 13.2 Å². The Kier molecular flexibility index (Phi) is 4.36. The van der Waals surface area contributed by atoms with Crippen molar-refractivity contribution in [3.05, 3.63) is 29.8 Å². The molecule has 0 radical (unpaired) electrons. The van der Waals surface area contributed by atoms with Crippen LogP contribution in [-0.2, 0) is 0 Å². The van der Waals surface area contributed by atoms with Gasteiger partial charge in [0.1, 0.15) is 5.75 Å². The zero-order valence-electron chi connectivity index (χ0n) is 9.53. The second-order valence-corrected chi connectivity index (χ2v) is 3.89. The van der Waals surface area contributed by atoms with Crippen molar-refractivity contribution >= 4 is 0 Å². The molecule has 1 atom stereocenters. The van der Waals surface area contributed by atoms with Gasteiger partial charge in [-0.2, -0.15) is 0 Å². The van der Waals surface area contributed by atoms with Crippen molar-refractivity contribution in [2.45, 2.75) is 12.5 Å². The molecule has 0 saturated heterocycles. The van der Waals surface area contributed by atoms with Crippen LogP contribution in [0.15, 0.2) is 24.3 Å². The number of aliphatic hydroxyl groups excluding tert-OH is 1. The largest absolute Gasteiger partial charge is 0.573 e. The van der Waals surface area contributed by atoms with Gasteiger partial charge in [0.15, 0.2) is 0 Å². The Morgan fingerprint density at radius 3 is 2.18 bits per heavy atom. The fourth-order valence-corrected chi connectivity index (χ4v) is 1.34. The number of hydrogen-bond acceptors (Lipinski definition) is 3. The van der Waals surface area contributed by atoms with E-state index in [0.29, 0.717) is 12.1 Å². The van der Waals surface area contributed by atoms with Gasteiger partial charge in [0.05, 0.1) is 6.10 Å². The summed E-state index contributed by atoms with van der Waals surface area (Å²) >= 11 is 0. The van der Waals surface area contributed by atoms with E-state index in [1.165, 1.54) is 24.3 Å². The van der Waals surface area contributed by atoms with Gasteiger partial charge in [-0.3, -0.25) is 0 Å². The topological polar surface area (TPSA) is 32.7 Å². The zero-order chi connectivity index (χ0) is 13.1. The number of nitrogens with zero attached hydrogens (tertiary/aromatic N) is 1. The maximum atomic E-state index is 11.9. The minimum Gasteiger partial charge on any atom is -0.406 e. The van der Waals surface area contributed by atoms with Gasteiger partial charge < -0.3 is 14.7 Å². The molecular formula is C11H14F3NO2. The lowest BCUT2D eigenvalue weighted by Crippen LogP contribution is -2.20. The average molecular weight is 249 g/mol. The summed E-state index contributed by atoms with van der Waals surface area (Å²) in [5.41, 5.74) is 0.549. The maximum Gasteiger partial charge on any atom is 0.573 e. The van der Waals surface area contributed by atoms with Crippen LogP contribution in [0.3, 0.4) is 0 Å². The van der Waals surface area contributed by atoms with Gasteiger partial charge in [0, 0.05) is 6.54 Å². The highest BCUT2D eigenvalue weighted by Gasteiger charge is 2.31. The molecule has 0 aliphatic heterocycles. The van der Waals surface area contributed by atoms with E-state index in [0.717, 1.165) is 0 Å². The van der Waals surface area contributed by atoms with E-state index >= 15 is 0 Å². The molecule has 6 heteroatoms.